The topological polar surface area (TPSA) is 117 Å². The number of aromatic hydroxyl groups is 1. The number of benzene rings is 2. The van der Waals surface area contributed by atoms with Crippen molar-refractivity contribution in [3.8, 4) is 17.1 Å². The summed E-state index contributed by atoms with van der Waals surface area (Å²) in [5.41, 5.74) is 0.914. The molecule has 8 heteroatoms. The predicted molar refractivity (Wildman–Crippen MR) is 119 cm³/mol. The van der Waals surface area contributed by atoms with Crippen molar-refractivity contribution in [2.75, 3.05) is 0 Å². The number of hydrogen-bond donors (Lipinski definition) is 3. The summed E-state index contributed by atoms with van der Waals surface area (Å²) in [7, 11) is 0. The zero-order valence-corrected chi connectivity index (χ0v) is 17.0. The highest BCUT2D eigenvalue weighted by Gasteiger charge is 2.18. The Balaban J connectivity index is 1.61. The van der Waals surface area contributed by atoms with E-state index in [2.05, 4.69) is 15.3 Å². The first-order chi connectivity index (χ1) is 15.5. The largest absolute Gasteiger partial charge is 0.501 e. The van der Waals surface area contributed by atoms with Crippen molar-refractivity contribution in [2.24, 2.45) is 0 Å². The standard InChI is InChI=1S/C24H20N4O4/c29-19-11-4-5-12-28(19)15-17-9-6-10-18(13-17)22-26-20(21(30)24(32)27-22)23(31)25-14-16-7-2-1-3-8-16/h1-13,30H,14-15H2,(H,25,31)(H,26,27,32). The summed E-state index contributed by atoms with van der Waals surface area (Å²) >= 11 is 0. The molecular weight excluding hydrogens is 408 g/mol. The second-order valence-electron chi connectivity index (χ2n) is 7.15. The fourth-order valence-corrected chi connectivity index (χ4v) is 3.23. The summed E-state index contributed by atoms with van der Waals surface area (Å²) in [5.74, 6) is -1.27. The van der Waals surface area contributed by atoms with E-state index in [4.69, 9.17) is 0 Å². The minimum atomic E-state index is -0.815. The van der Waals surface area contributed by atoms with Gasteiger partial charge >= 0.3 is 0 Å². The fraction of sp³-hybridized carbons (Fsp3) is 0.0833. The molecule has 0 aliphatic rings. The molecule has 2 aromatic heterocycles. The lowest BCUT2D eigenvalue weighted by Gasteiger charge is -2.10. The lowest BCUT2D eigenvalue weighted by atomic mass is 10.1. The van der Waals surface area contributed by atoms with Crippen molar-refractivity contribution < 1.29 is 9.90 Å². The van der Waals surface area contributed by atoms with E-state index in [1.54, 1.807) is 41.1 Å². The lowest BCUT2D eigenvalue weighted by Crippen LogP contribution is -2.26. The van der Waals surface area contributed by atoms with E-state index < -0.39 is 17.2 Å². The number of amides is 1. The lowest BCUT2D eigenvalue weighted by molar-refractivity contribution is 0.0942. The summed E-state index contributed by atoms with van der Waals surface area (Å²) in [6.07, 6.45) is 1.69. The first kappa shape index (κ1) is 20.8. The molecule has 0 unspecified atom stereocenters. The van der Waals surface area contributed by atoms with Gasteiger partial charge < -0.3 is 20.0 Å². The first-order valence-electron chi connectivity index (χ1n) is 9.91. The van der Waals surface area contributed by atoms with Crippen LogP contribution in [0.25, 0.3) is 11.4 Å². The SMILES string of the molecule is O=C(NCc1ccccc1)c1nc(-c2cccc(Cn3ccccc3=O)c2)[nH]c(=O)c1O. The molecule has 32 heavy (non-hydrogen) atoms. The van der Waals surface area contributed by atoms with E-state index in [-0.39, 0.29) is 23.6 Å². The maximum atomic E-state index is 12.6. The molecule has 8 nitrogen and oxygen atoms in total. The van der Waals surface area contributed by atoms with Crippen LogP contribution in [0.4, 0.5) is 0 Å². The molecule has 0 aliphatic carbocycles. The van der Waals surface area contributed by atoms with Gasteiger partial charge in [0.1, 0.15) is 5.82 Å². The van der Waals surface area contributed by atoms with E-state index in [1.165, 1.54) is 6.07 Å². The number of nitrogens with one attached hydrogen (secondary N) is 2. The highest BCUT2D eigenvalue weighted by molar-refractivity contribution is 5.95. The molecule has 0 saturated heterocycles. The summed E-state index contributed by atoms with van der Waals surface area (Å²) < 4.78 is 1.55. The molecule has 0 spiro atoms. The third-order valence-electron chi connectivity index (χ3n) is 4.86. The molecule has 3 N–H and O–H groups in total. The Morgan fingerprint density at radius 3 is 2.50 bits per heavy atom. The number of H-pyrrole nitrogens is 1. The first-order valence-corrected chi connectivity index (χ1v) is 9.91. The second kappa shape index (κ2) is 9.13. The van der Waals surface area contributed by atoms with Gasteiger partial charge in [0.15, 0.2) is 5.69 Å². The van der Waals surface area contributed by atoms with Gasteiger partial charge in [-0.25, -0.2) is 4.98 Å². The Bertz CT molecular complexity index is 1380. The highest BCUT2D eigenvalue weighted by atomic mass is 16.3. The third-order valence-corrected chi connectivity index (χ3v) is 4.86. The summed E-state index contributed by atoms with van der Waals surface area (Å²) in [6.45, 7) is 0.560. The van der Waals surface area contributed by atoms with E-state index in [0.717, 1.165) is 11.1 Å². The Kier molecular flexibility index (Phi) is 5.94. The molecule has 0 aliphatic heterocycles. The van der Waals surface area contributed by atoms with Crippen LogP contribution in [0.15, 0.2) is 88.6 Å². The molecule has 0 fully saturated rings. The monoisotopic (exact) mass is 428 g/mol. The summed E-state index contributed by atoms with van der Waals surface area (Å²) in [5, 5.41) is 12.8. The Hall–Kier alpha value is -4.46. The van der Waals surface area contributed by atoms with Crippen molar-refractivity contribution in [1.29, 1.82) is 0 Å². The van der Waals surface area contributed by atoms with Crippen molar-refractivity contribution in [1.82, 2.24) is 19.9 Å². The van der Waals surface area contributed by atoms with Gasteiger partial charge in [-0.1, -0.05) is 54.6 Å². The predicted octanol–water partition coefficient (Wildman–Crippen LogP) is 2.28. The Morgan fingerprint density at radius 1 is 0.969 bits per heavy atom. The normalized spacial score (nSPS) is 10.6. The number of carbonyl (C=O) groups excluding carboxylic acids is 1. The maximum Gasteiger partial charge on any atom is 0.294 e. The molecule has 2 aromatic carbocycles. The Labute approximate surface area is 182 Å². The van der Waals surface area contributed by atoms with Crippen LogP contribution >= 0.6 is 0 Å². The zero-order chi connectivity index (χ0) is 22.5. The van der Waals surface area contributed by atoms with Crippen LogP contribution in [0.1, 0.15) is 21.6 Å². The van der Waals surface area contributed by atoms with Crippen LogP contribution in [-0.2, 0) is 13.1 Å². The van der Waals surface area contributed by atoms with E-state index in [9.17, 15) is 19.5 Å². The smallest absolute Gasteiger partial charge is 0.294 e. The number of pyridine rings is 1. The van der Waals surface area contributed by atoms with Gasteiger partial charge in [-0.2, -0.15) is 0 Å². The number of rotatable bonds is 6. The van der Waals surface area contributed by atoms with Gasteiger partial charge in [-0.05, 0) is 23.3 Å². The Morgan fingerprint density at radius 2 is 1.72 bits per heavy atom. The zero-order valence-electron chi connectivity index (χ0n) is 17.0. The average molecular weight is 428 g/mol. The molecule has 0 saturated carbocycles. The minimum absolute atomic E-state index is 0.133. The van der Waals surface area contributed by atoms with Crippen LogP contribution in [0.2, 0.25) is 0 Å². The molecule has 2 heterocycles. The van der Waals surface area contributed by atoms with Crippen molar-refractivity contribution in [2.45, 2.75) is 13.1 Å². The van der Waals surface area contributed by atoms with Gasteiger partial charge in [-0.3, -0.25) is 14.4 Å². The van der Waals surface area contributed by atoms with Crippen molar-refractivity contribution >= 4 is 5.91 Å². The molecular formula is C24H20N4O4. The van der Waals surface area contributed by atoms with Crippen LogP contribution < -0.4 is 16.4 Å². The highest BCUT2D eigenvalue weighted by Crippen LogP contribution is 2.19. The molecule has 0 atom stereocenters. The van der Waals surface area contributed by atoms with Gasteiger partial charge in [0.05, 0.1) is 6.54 Å². The quantitative estimate of drug-likeness (QED) is 0.436. The number of aromatic nitrogens is 3. The van der Waals surface area contributed by atoms with Crippen molar-refractivity contribution in [3.05, 3.63) is 117 Å². The third kappa shape index (κ3) is 4.65. The van der Waals surface area contributed by atoms with Gasteiger partial charge in [0, 0.05) is 24.4 Å². The molecule has 1 amide bonds. The van der Waals surface area contributed by atoms with Crippen LogP contribution in [-0.4, -0.2) is 25.5 Å². The van der Waals surface area contributed by atoms with E-state index in [1.807, 2.05) is 36.4 Å². The molecule has 0 radical (unpaired) electrons. The van der Waals surface area contributed by atoms with E-state index >= 15 is 0 Å². The molecule has 160 valence electrons. The summed E-state index contributed by atoms with van der Waals surface area (Å²) in [6, 6.07) is 21.3. The van der Waals surface area contributed by atoms with Crippen molar-refractivity contribution in [3.63, 3.8) is 0 Å². The van der Waals surface area contributed by atoms with Crippen LogP contribution in [0.3, 0.4) is 0 Å². The number of nitrogens with zero attached hydrogens (tertiary/aromatic N) is 2. The minimum Gasteiger partial charge on any atom is -0.501 e. The van der Waals surface area contributed by atoms with Crippen LogP contribution in [0, 0.1) is 0 Å². The van der Waals surface area contributed by atoms with Gasteiger partial charge in [0.25, 0.3) is 17.0 Å². The number of aromatic amines is 1. The van der Waals surface area contributed by atoms with Gasteiger partial charge in [0.2, 0.25) is 5.75 Å². The molecule has 4 aromatic rings. The average Bonchev–Trinajstić information content (AvgIpc) is 2.81. The van der Waals surface area contributed by atoms with Gasteiger partial charge in [-0.15, -0.1) is 0 Å². The second-order valence-corrected chi connectivity index (χ2v) is 7.15. The maximum absolute atomic E-state index is 12.6. The fourth-order valence-electron chi connectivity index (χ4n) is 3.23. The molecule has 0 bridgehead atoms. The van der Waals surface area contributed by atoms with Crippen LogP contribution in [0.5, 0.6) is 5.75 Å². The number of carbonyl (C=O) groups is 1. The summed E-state index contributed by atoms with van der Waals surface area (Å²) in [4.78, 5) is 43.5. The number of hydrogen-bond acceptors (Lipinski definition) is 5. The van der Waals surface area contributed by atoms with E-state index in [0.29, 0.717) is 12.1 Å². The molecule has 4 rings (SSSR count).